The predicted molar refractivity (Wildman–Crippen MR) is 134 cm³/mol. The lowest BCUT2D eigenvalue weighted by molar-refractivity contribution is -0.102. The fraction of sp³-hybridized carbons (Fsp3) is 0.739. The van der Waals surface area contributed by atoms with Gasteiger partial charge in [0, 0.05) is 26.4 Å². The van der Waals surface area contributed by atoms with Crippen molar-refractivity contribution in [1.29, 1.82) is 0 Å². The third kappa shape index (κ3) is 10.1. The maximum absolute atomic E-state index is 11.2. The molecular formula is C23H44O9Si2. The van der Waals surface area contributed by atoms with Crippen LogP contribution in [0.2, 0.25) is 18.6 Å². The van der Waals surface area contributed by atoms with Gasteiger partial charge in [-0.15, -0.1) is 0 Å². The Kier molecular flexibility index (Phi) is 12.5. The van der Waals surface area contributed by atoms with Crippen LogP contribution in [0.25, 0.3) is 0 Å². The molecule has 0 aliphatic carbocycles. The Hall–Kier alpha value is -0.706. The van der Waals surface area contributed by atoms with Gasteiger partial charge in [-0.25, -0.2) is 0 Å². The van der Waals surface area contributed by atoms with E-state index in [-0.39, 0.29) is 19.8 Å². The van der Waals surface area contributed by atoms with Gasteiger partial charge in [0.1, 0.15) is 11.2 Å². The van der Waals surface area contributed by atoms with Crippen molar-refractivity contribution >= 4 is 22.3 Å². The predicted octanol–water partition coefficient (Wildman–Crippen LogP) is 0.750. The lowest BCUT2D eigenvalue weighted by Crippen LogP contribution is -2.58. The molecule has 0 aliphatic heterocycles. The van der Waals surface area contributed by atoms with E-state index in [4.69, 9.17) is 18.0 Å². The Bertz CT molecular complexity index is 699. The number of benzene rings is 1. The van der Waals surface area contributed by atoms with E-state index < -0.39 is 40.5 Å². The normalized spacial score (nSPS) is 21.0. The molecule has 0 aliphatic rings. The van der Waals surface area contributed by atoms with Crippen LogP contribution in [0.15, 0.2) is 30.3 Å². The molecule has 0 saturated carbocycles. The van der Waals surface area contributed by atoms with E-state index in [1.165, 1.54) is 27.7 Å². The quantitative estimate of drug-likeness (QED) is 0.149. The van der Waals surface area contributed by atoms with Gasteiger partial charge in [0.15, 0.2) is 0 Å². The number of hydrogen-bond donors (Lipinski definition) is 5. The summed E-state index contributed by atoms with van der Waals surface area (Å²) in [6, 6.07) is 10.1. The topological polar surface area (TPSA) is 138 Å². The number of hydrogen-bond acceptors (Lipinski definition) is 9. The van der Waals surface area contributed by atoms with Gasteiger partial charge in [-0.05, 0) is 51.9 Å². The first-order valence-electron chi connectivity index (χ1n) is 11.7. The van der Waals surface area contributed by atoms with Gasteiger partial charge in [-0.1, -0.05) is 30.3 Å². The summed E-state index contributed by atoms with van der Waals surface area (Å²) in [6.07, 6.45) is -1.32. The molecular weight excluding hydrogens is 476 g/mol. The lowest BCUT2D eigenvalue weighted by atomic mass is 10.0. The van der Waals surface area contributed by atoms with Gasteiger partial charge in [-0.3, -0.25) is 0 Å². The SMILES string of the molecule is CO[Si](CCCOCC(C)(O)C(C)O)(CCOCC(C)(O)C(C)O)O[Si](C)(O)c1ccccc1. The van der Waals surface area contributed by atoms with Gasteiger partial charge >= 0.3 is 17.1 Å². The van der Waals surface area contributed by atoms with Crippen molar-refractivity contribution in [3.63, 3.8) is 0 Å². The minimum absolute atomic E-state index is 0.0128. The molecule has 1 rings (SSSR count). The molecule has 0 fully saturated rings. The number of aliphatic hydroxyl groups excluding tert-OH is 2. The Labute approximate surface area is 205 Å². The van der Waals surface area contributed by atoms with Crippen LogP contribution in [0, 0.1) is 0 Å². The average Bonchev–Trinajstić information content (AvgIpc) is 2.76. The molecule has 11 heteroatoms. The van der Waals surface area contributed by atoms with Crippen LogP contribution in [0.4, 0.5) is 0 Å². The van der Waals surface area contributed by atoms with E-state index >= 15 is 0 Å². The summed E-state index contributed by atoms with van der Waals surface area (Å²) in [7, 11) is -4.70. The molecule has 0 radical (unpaired) electrons. The van der Waals surface area contributed by atoms with E-state index in [9.17, 15) is 25.2 Å². The second kappa shape index (κ2) is 13.6. The Morgan fingerprint density at radius 1 is 0.882 bits per heavy atom. The smallest absolute Gasteiger partial charge is 0.357 e. The van der Waals surface area contributed by atoms with Crippen LogP contribution in [-0.4, -0.2) is 99.3 Å². The minimum atomic E-state index is -3.29. The number of rotatable bonds is 17. The molecule has 34 heavy (non-hydrogen) atoms. The summed E-state index contributed by atoms with van der Waals surface area (Å²) in [5, 5.41) is 40.4. The van der Waals surface area contributed by atoms with Crippen LogP contribution in [0.1, 0.15) is 34.1 Å². The van der Waals surface area contributed by atoms with Crippen LogP contribution < -0.4 is 5.19 Å². The summed E-state index contributed by atoms with van der Waals surface area (Å²) < 4.78 is 23.5. The first-order chi connectivity index (χ1) is 15.7. The zero-order valence-electron chi connectivity index (χ0n) is 21.4. The molecule has 0 saturated heterocycles. The molecule has 0 spiro atoms. The Morgan fingerprint density at radius 2 is 1.38 bits per heavy atom. The third-order valence-corrected chi connectivity index (χ3v) is 13.4. The van der Waals surface area contributed by atoms with Crippen molar-refractivity contribution in [2.75, 3.05) is 33.5 Å². The molecule has 198 valence electrons. The lowest BCUT2D eigenvalue weighted by Gasteiger charge is -2.36. The fourth-order valence-corrected chi connectivity index (χ4v) is 10.2. The fourth-order valence-electron chi connectivity index (χ4n) is 3.11. The molecule has 9 nitrogen and oxygen atoms in total. The highest BCUT2D eigenvalue weighted by molar-refractivity contribution is 6.87. The van der Waals surface area contributed by atoms with Crippen LogP contribution in [-0.2, 0) is 18.0 Å². The van der Waals surface area contributed by atoms with E-state index in [0.29, 0.717) is 25.1 Å². The van der Waals surface area contributed by atoms with Crippen molar-refractivity contribution in [3.05, 3.63) is 30.3 Å². The molecule has 0 heterocycles. The van der Waals surface area contributed by atoms with Crippen molar-refractivity contribution in [2.24, 2.45) is 0 Å². The summed E-state index contributed by atoms with van der Waals surface area (Å²) >= 11 is 0. The Balaban J connectivity index is 2.85. The minimum Gasteiger partial charge on any atom is -0.411 e. The zero-order chi connectivity index (χ0) is 26.0. The van der Waals surface area contributed by atoms with Crippen molar-refractivity contribution < 1.29 is 43.2 Å². The molecule has 6 unspecified atom stereocenters. The molecule has 6 atom stereocenters. The maximum atomic E-state index is 11.2. The largest absolute Gasteiger partial charge is 0.411 e. The molecule has 0 aromatic heterocycles. The van der Waals surface area contributed by atoms with Crippen molar-refractivity contribution in [3.8, 4) is 0 Å². The second-order valence-electron chi connectivity index (χ2n) is 9.59. The van der Waals surface area contributed by atoms with Gasteiger partial charge in [0.25, 0.3) is 0 Å². The van der Waals surface area contributed by atoms with E-state index in [0.717, 1.165) is 5.19 Å². The second-order valence-corrected chi connectivity index (χ2v) is 16.2. The van der Waals surface area contributed by atoms with Crippen LogP contribution >= 0.6 is 0 Å². The molecule has 1 aromatic rings. The number of ether oxygens (including phenoxy) is 2. The monoisotopic (exact) mass is 520 g/mol. The number of aliphatic hydroxyl groups is 4. The highest BCUT2D eigenvalue weighted by Gasteiger charge is 2.45. The highest BCUT2D eigenvalue weighted by atomic mass is 28.5. The highest BCUT2D eigenvalue weighted by Crippen LogP contribution is 2.25. The summed E-state index contributed by atoms with van der Waals surface area (Å²) in [5.74, 6) is 0. The standard InChI is InChI=1S/C23H44O9Si2/c1-19(24)22(3,26)17-30-13-10-15-34(29-5,16-14-31-18-23(4,27)20(2)25)32-33(6,28)21-11-8-7-9-12-21/h7-9,11-12,19-20,24-28H,10,13-18H2,1-6H3. The first kappa shape index (κ1) is 31.3. The molecule has 0 bridgehead atoms. The third-order valence-electron chi connectivity index (χ3n) is 6.13. The van der Waals surface area contributed by atoms with E-state index in [2.05, 4.69) is 0 Å². The van der Waals surface area contributed by atoms with E-state index in [1.54, 1.807) is 13.7 Å². The molecule has 5 N–H and O–H groups in total. The summed E-state index contributed by atoms with van der Waals surface area (Å²) in [5.41, 5.74) is -2.72. The maximum Gasteiger partial charge on any atom is 0.357 e. The Morgan fingerprint density at radius 3 is 1.85 bits per heavy atom. The average molecular weight is 521 g/mol. The van der Waals surface area contributed by atoms with Gasteiger partial charge in [-0.2, -0.15) is 0 Å². The zero-order valence-corrected chi connectivity index (χ0v) is 23.4. The first-order valence-corrected chi connectivity index (χ1v) is 16.3. The van der Waals surface area contributed by atoms with Crippen LogP contribution in [0.3, 0.4) is 0 Å². The summed E-state index contributed by atoms with van der Waals surface area (Å²) in [6.45, 7) is 8.20. The molecule has 0 amide bonds. The molecule has 1 aromatic carbocycles. The van der Waals surface area contributed by atoms with Gasteiger partial charge in [0.2, 0.25) is 0 Å². The van der Waals surface area contributed by atoms with Gasteiger partial charge < -0.3 is 43.2 Å². The van der Waals surface area contributed by atoms with Crippen molar-refractivity contribution in [1.82, 2.24) is 0 Å². The van der Waals surface area contributed by atoms with E-state index in [1.807, 2.05) is 30.3 Å². The van der Waals surface area contributed by atoms with Gasteiger partial charge in [0.05, 0.1) is 25.4 Å². The van der Waals surface area contributed by atoms with Crippen LogP contribution in [0.5, 0.6) is 0 Å². The summed E-state index contributed by atoms with van der Waals surface area (Å²) in [4.78, 5) is 11.2. The van der Waals surface area contributed by atoms with Crippen molar-refractivity contribution in [2.45, 2.75) is 76.2 Å².